The highest BCUT2D eigenvalue weighted by Gasteiger charge is 2.43. The third-order valence-electron chi connectivity index (χ3n) is 3.70. The fourth-order valence-electron chi connectivity index (χ4n) is 2.88. The van der Waals surface area contributed by atoms with Crippen molar-refractivity contribution in [3.8, 4) is 0 Å². The molecule has 0 N–H and O–H groups in total. The third-order valence-corrected chi connectivity index (χ3v) is 3.70. The zero-order valence-corrected chi connectivity index (χ0v) is 8.28. The maximum absolute atomic E-state index is 5.12. The number of hydrogen-bond donors (Lipinski definition) is 0. The lowest BCUT2D eigenvalue weighted by molar-refractivity contribution is 0.311. The van der Waals surface area contributed by atoms with Gasteiger partial charge in [0.2, 0.25) is 0 Å². The molecule has 0 saturated heterocycles. The Morgan fingerprint density at radius 1 is 1.29 bits per heavy atom. The molecule has 1 atom stereocenters. The fraction of sp³-hybridized carbons (Fsp3) is 0.583. The number of hydrogen-bond acceptors (Lipinski definition) is 2. The monoisotopic (exact) mass is 189 g/mol. The van der Waals surface area contributed by atoms with Gasteiger partial charge >= 0.3 is 0 Å². The predicted octanol–water partition coefficient (Wildman–Crippen LogP) is 2.68. The van der Waals surface area contributed by atoms with E-state index >= 15 is 0 Å². The molecule has 1 unspecified atom stereocenters. The van der Waals surface area contributed by atoms with Crippen LogP contribution in [-0.4, -0.2) is 12.3 Å². The predicted molar refractivity (Wildman–Crippen MR) is 56.1 cm³/mol. The average Bonchev–Trinajstić information content (AvgIpc) is 2.60. The van der Waals surface area contributed by atoms with Crippen LogP contribution in [0, 0.1) is 11.3 Å². The topological polar surface area (TPSA) is 21.6 Å². The molecule has 1 fully saturated rings. The lowest BCUT2D eigenvalue weighted by Crippen LogP contribution is -2.32. The molecule has 14 heavy (non-hydrogen) atoms. The molecule has 2 heteroatoms. The standard InChI is InChI=1S/C12H15NO/c1-2-4-11-10(3-1)12(9-13-11)5-7-14-8-6-12/h5-8,10H,1-4,9H2. The van der Waals surface area contributed by atoms with E-state index in [2.05, 4.69) is 12.2 Å². The summed E-state index contributed by atoms with van der Waals surface area (Å²) in [5.74, 6) is 0.660. The van der Waals surface area contributed by atoms with Crippen molar-refractivity contribution in [1.82, 2.24) is 0 Å². The second kappa shape index (κ2) is 2.97. The molecule has 2 aliphatic heterocycles. The highest BCUT2D eigenvalue weighted by atomic mass is 16.5. The van der Waals surface area contributed by atoms with Crippen molar-refractivity contribution >= 4 is 5.71 Å². The van der Waals surface area contributed by atoms with E-state index < -0.39 is 0 Å². The van der Waals surface area contributed by atoms with E-state index in [4.69, 9.17) is 9.73 Å². The van der Waals surface area contributed by atoms with Crippen LogP contribution >= 0.6 is 0 Å². The van der Waals surface area contributed by atoms with Gasteiger partial charge in [-0.15, -0.1) is 0 Å². The van der Waals surface area contributed by atoms with Crippen LogP contribution in [0.15, 0.2) is 29.7 Å². The van der Waals surface area contributed by atoms with E-state index in [1.54, 1.807) is 0 Å². The van der Waals surface area contributed by atoms with E-state index in [1.807, 2.05) is 12.5 Å². The lowest BCUT2D eigenvalue weighted by Gasteiger charge is -2.33. The van der Waals surface area contributed by atoms with E-state index in [1.165, 1.54) is 31.4 Å². The van der Waals surface area contributed by atoms with Crippen LogP contribution in [0.4, 0.5) is 0 Å². The van der Waals surface area contributed by atoms with Gasteiger partial charge in [0.1, 0.15) is 0 Å². The second-order valence-corrected chi connectivity index (χ2v) is 4.46. The zero-order chi connectivity index (χ0) is 9.43. The first-order valence-electron chi connectivity index (χ1n) is 5.45. The SMILES string of the molecule is C1=CC2(C=CO1)CN=C1CCCCC12. The van der Waals surface area contributed by atoms with Crippen molar-refractivity contribution in [2.45, 2.75) is 25.7 Å². The summed E-state index contributed by atoms with van der Waals surface area (Å²) in [4.78, 5) is 4.69. The van der Waals surface area contributed by atoms with Crippen LogP contribution in [0.2, 0.25) is 0 Å². The minimum Gasteiger partial charge on any atom is -0.473 e. The van der Waals surface area contributed by atoms with E-state index in [0.717, 1.165) is 6.54 Å². The summed E-state index contributed by atoms with van der Waals surface area (Å²) in [7, 11) is 0. The minimum absolute atomic E-state index is 0.175. The van der Waals surface area contributed by atoms with Crippen molar-refractivity contribution in [3.63, 3.8) is 0 Å². The number of ether oxygens (including phenoxy) is 1. The molecule has 74 valence electrons. The van der Waals surface area contributed by atoms with Gasteiger partial charge < -0.3 is 4.74 Å². The highest BCUT2D eigenvalue weighted by molar-refractivity contribution is 5.90. The van der Waals surface area contributed by atoms with Crippen molar-refractivity contribution in [2.24, 2.45) is 16.3 Å². The minimum atomic E-state index is 0.175. The summed E-state index contributed by atoms with van der Waals surface area (Å²) in [5.41, 5.74) is 1.63. The molecule has 1 spiro atoms. The van der Waals surface area contributed by atoms with Gasteiger partial charge in [-0.25, -0.2) is 0 Å². The number of aliphatic imine (C=N–C) groups is 1. The van der Waals surface area contributed by atoms with Gasteiger partial charge in [0.05, 0.1) is 19.1 Å². The van der Waals surface area contributed by atoms with Crippen LogP contribution < -0.4 is 0 Å². The summed E-state index contributed by atoms with van der Waals surface area (Å²) in [6.07, 6.45) is 13.2. The van der Waals surface area contributed by atoms with Crippen LogP contribution in [-0.2, 0) is 4.74 Å². The Kier molecular flexibility index (Phi) is 1.76. The van der Waals surface area contributed by atoms with Gasteiger partial charge in [-0.1, -0.05) is 6.42 Å². The van der Waals surface area contributed by atoms with Crippen LogP contribution in [0.25, 0.3) is 0 Å². The largest absolute Gasteiger partial charge is 0.473 e. The van der Waals surface area contributed by atoms with Gasteiger partial charge in [0.15, 0.2) is 0 Å². The maximum atomic E-state index is 5.12. The molecule has 0 aromatic carbocycles. The van der Waals surface area contributed by atoms with Crippen molar-refractivity contribution in [3.05, 3.63) is 24.7 Å². The second-order valence-electron chi connectivity index (χ2n) is 4.46. The molecular weight excluding hydrogens is 174 g/mol. The molecule has 0 aromatic rings. The molecule has 3 aliphatic rings. The van der Waals surface area contributed by atoms with Crippen molar-refractivity contribution < 1.29 is 4.74 Å². The van der Waals surface area contributed by atoms with Crippen LogP contribution in [0.5, 0.6) is 0 Å². The molecule has 2 heterocycles. The van der Waals surface area contributed by atoms with Gasteiger partial charge in [0.25, 0.3) is 0 Å². The molecule has 2 nitrogen and oxygen atoms in total. The Morgan fingerprint density at radius 2 is 2.14 bits per heavy atom. The smallest absolute Gasteiger partial charge is 0.0871 e. The first-order valence-corrected chi connectivity index (χ1v) is 5.45. The average molecular weight is 189 g/mol. The number of rotatable bonds is 0. The summed E-state index contributed by atoms with van der Waals surface area (Å²) >= 11 is 0. The first kappa shape index (κ1) is 8.27. The Hall–Kier alpha value is -1.05. The van der Waals surface area contributed by atoms with E-state index in [9.17, 15) is 0 Å². The lowest BCUT2D eigenvalue weighted by atomic mass is 9.70. The summed E-state index contributed by atoms with van der Waals surface area (Å²) in [5, 5.41) is 0. The molecule has 3 rings (SSSR count). The van der Waals surface area contributed by atoms with E-state index in [-0.39, 0.29) is 5.41 Å². The van der Waals surface area contributed by atoms with Crippen LogP contribution in [0.3, 0.4) is 0 Å². The van der Waals surface area contributed by atoms with Gasteiger partial charge in [-0.2, -0.15) is 0 Å². The summed E-state index contributed by atoms with van der Waals surface area (Å²) in [6.45, 7) is 0.934. The van der Waals surface area contributed by atoms with Crippen LogP contribution in [0.1, 0.15) is 25.7 Å². The maximum Gasteiger partial charge on any atom is 0.0871 e. The molecule has 1 saturated carbocycles. The molecule has 0 amide bonds. The Labute approximate surface area is 84.4 Å². The van der Waals surface area contributed by atoms with Gasteiger partial charge in [0, 0.05) is 17.0 Å². The quantitative estimate of drug-likeness (QED) is 0.574. The Bertz CT molecular complexity index is 315. The van der Waals surface area contributed by atoms with Crippen molar-refractivity contribution in [1.29, 1.82) is 0 Å². The highest BCUT2D eigenvalue weighted by Crippen LogP contribution is 2.45. The Balaban J connectivity index is 1.93. The summed E-state index contributed by atoms with van der Waals surface area (Å²) in [6, 6.07) is 0. The molecule has 0 aromatic heterocycles. The third kappa shape index (κ3) is 1.06. The molecule has 0 radical (unpaired) electrons. The summed E-state index contributed by atoms with van der Waals surface area (Å²) < 4.78 is 5.12. The normalized spacial score (nSPS) is 32.6. The zero-order valence-electron chi connectivity index (χ0n) is 8.28. The Morgan fingerprint density at radius 3 is 3.00 bits per heavy atom. The van der Waals surface area contributed by atoms with Gasteiger partial charge in [-0.05, 0) is 31.4 Å². The van der Waals surface area contributed by atoms with Gasteiger partial charge in [-0.3, -0.25) is 4.99 Å². The number of fused-ring (bicyclic) bond motifs is 2. The van der Waals surface area contributed by atoms with E-state index in [0.29, 0.717) is 5.92 Å². The fourth-order valence-corrected chi connectivity index (χ4v) is 2.88. The number of nitrogens with zero attached hydrogens (tertiary/aromatic N) is 1. The first-order chi connectivity index (χ1) is 6.91. The molecular formula is C12H15NO. The molecule has 1 aliphatic carbocycles. The molecule has 0 bridgehead atoms. The van der Waals surface area contributed by atoms with Crippen molar-refractivity contribution in [2.75, 3.05) is 6.54 Å².